The van der Waals surface area contributed by atoms with Gasteiger partial charge in [0, 0.05) is 26.7 Å². The molecule has 22 heavy (non-hydrogen) atoms. The van der Waals surface area contributed by atoms with E-state index in [-0.39, 0.29) is 18.5 Å². The molecule has 4 atom stereocenters. The SMILES string of the molecule is COC1CNC(NCc2ccc(C3CC(C)ON3)cc2)CN1. The average Bonchev–Trinajstić information content (AvgIpc) is 3.00. The Labute approximate surface area is 131 Å². The van der Waals surface area contributed by atoms with Gasteiger partial charge in [0.15, 0.2) is 0 Å². The van der Waals surface area contributed by atoms with Gasteiger partial charge in [0.2, 0.25) is 0 Å². The molecular weight excluding hydrogens is 280 g/mol. The maximum Gasteiger partial charge on any atom is 0.120 e. The van der Waals surface area contributed by atoms with Crippen molar-refractivity contribution >= 4 is 0 Å². The van der Waals surface area contributed by atoms with Crippen molar-refractivity contribution in [3.63, 3.8) is 0 Å². The third kappa shape index (κ3) is 4.04. The summed E-state index contributed by atoms with van der Waals surface area (Å²) in [6.45, 7) is 4.61. The molecule has 6 nitrogen and oxygen atoms in total. The van der Waals surface area contributed by atoms with E-state index in [2.05, 4.69) is 52.6 Å². The van der Waals surface area contributed by atoms with Crippen molar-refractivity contribution in [1.29, 1.82) is 0 Å². The molecule has 2 heterocycles. The van der Waals surface area contributed by atoms with Crippen molar-refractivity contribution in [2.45, 2.75) is 44.4 Å². The molecule has 2 aliphatic heterocycles. The van der Waals surface area contributed by atoms with Crippen molar-refractivity contribution in [2.24, 2.45) is 0 Å². The lowest BCUT2D eigenvalue weighted by molar-refractivity contribution is 0.0364. The minimum absolute atomic E-state index is 0.112. The molecule has 2 aliphatic rings. The van der Waals surface area contributed by atoms with Crippen LogP contribution in [0.25, 0.3) is 0 Å². The standard InChI is InChI=1S/C16H26N4O2/c1-11-7-14(20-22-11)13-5-3-12(4-6-13)8-17-15-9-19-16(21-2)10-18-15/h3-6,11,14-20H,7-10H2,1-2H3. The molecule has 0 saturated carbocycles. The highest BCUT2D eigenvalue weighted by atomic mass is 16.7. The van der Waals surface area contributed by atoms with Crippen molar-refractivity contribution in [3.05, 3.63) is 35.4 Å². The number of rotatable bonds is 5. The van der Waals surface area contributed by atoms with Gasteiger partial charge in [-0.15, -0.1) is 0 Å². The lowest BCUT2D eigenvalue weighted by Gasteiger charge is -2.30. The fourth-order valence-corrected chi connectivity index (χ4v) is 2.89. The van der Waals surface area contributed by atoms with Crippen LogP contribution in [-0.4, -0.2) is 38.7 Å². The summed E-state index contributed by atoms with van der Waals surface area (Å²) >= 11 is 0. The van der Waals surface area contributed by atoms with E-state index in [1.165, 1.54) is 11.1 Å². The molecule has 1 aromatic carbocycles. The smallest absolute Gasteiger partial charge is 0.120 e. The Morgan fingerprint density at radius 2 is 2.05 bits per heavy atom. The molecule has 4 unspecified atom stereocenters. The van der Waals surface area contributed by atoms with Crippen LogP contribution in [0.15, 0.2) is 24.3 Å². The predicted octanol–water partition coefficient (Wildman–Crippen LogP) is 0.622. The van der Waals surface area contributed by atoms with E-state index < -0.39 is 0 Å². The van der Waals surface area contributed by atoms with E-state index in [0.717, 1.165) is 26.1 Å². The van der Waals surface area contributed by atoms with E-state index in [1.54, 1.807) is 7.11 Å². The van der Waals surface area contributed by atoms with Gasteiger partial charge in [0.25, 0.3) is 0 Å². The normalized spacial score (nSPS) is 32.3. The molecule has 0 radical (unpaired) electrons. The topological polar surface area (TPSA) is 66.6 Å². The number of ether oxygens (including phenoxy) is 1. The molecule has 2 fully saturated rings. The summed E-state index contributed by atoms with van der Waals surface area (Å²) in [6.07, 6.45) is 1.69. The number of hydroxylamine groups is 1. The monoisotopic (exact) mass is 306 g/mol. The second-order valence-electron chi connectivity index (χ2n) is 6.05. The first kappa shape index (κ1) is 15.9. The Bertz CT molecular complexity index is 460. The van der Waals surface area contributed by atoms with Crippen LogP contribution in [0.2, 0.25) is 0 Å². The molecule has 122 valence electrons. The highest BCUT2D eigenvalue weighted by Crippen LogP contribution is 2.25. The van der Waals surface area contributed by atoms with Crippen LogP contribution in [0.3, 0.4) is 0 Å². The maximum absolute atomic E-state index is 5.41. The number of piperazine rings is 1. The number of benzene rings is 1. The quantitative estimate of drug-likeness (QED) is 0.640. The third-order valence-corrected chi connectivity index (χ3v) is 4.30. The van der Waals surface area contributed by atoms with Gasteiger partial charge in [-0.2, -0.15) is 5.48 Å². The van der Waals surface area contributed by atoms with E-state index in [4.69, 9.17) is 9.57 Å². The average molecular weight is 306 g/mol. The molecule has 0 aromatic heterocycles. The summed E-state index contributed by atoms with van der Waals surface area (Å²) in [4.78, 5) is 5.41. The summed E-state index contributed by atoms with van der Waals surface area (Å²) in [7, 11) is 1.72. The zero-order chi connectivity index (χ0) is 15.4. The summed E-state index contributed by atoms with van der Waals surface area (Å²) in [5, 5.41) is 10.3. The highest BCUT2D eigenvalue weighted by Gasteiger charge is 2.23. The Hall–Kier alpha value is -1.02. The first-order valence-corrected chi connectivity index (χ1v) is 7.97. The van der Waals surface area contributed by atoms with Gasteiger partial charge < -0.3 is 4.74 Å². The lowest BCUT2D eigenvalue weighted by Crippen LogP contribution is -2.60. The Morgan fingerprint density at radius 1 is 1.23 bits per heavy atom. The lowest BCUT2D eigenvalue weighted by atomic mass is 10.0. The van der Waals surface area contributed by atoms with E-state index >= 15 is 0 Å². The van der Waals surface area contributed by atoms with Gasteiger partial charge in [-0.05, 0) is 24.5 Å². The zero-order valence-corrected chi connectivity index (χ0v) is 13.3. The van der Waals surface area contributed by atoms with Crippen LogP contribution >= 0.6 is 0 Å². The largest absolute Gasteiger partial charge is 0.365 e. The molecule has 3 rings (SSSR count). The zero-order valence-electron chi connectivity index (χ0n) is 13.3. The summed E-state index contributed by atoms with van der Waals surface area (Å²) in [5.41, 5.74) is 5.66. The first-order chi connectivity index (χ1) is 10.7. The van der Waals surface area contributed by atoms with Crippen LogP contribution in [0.4, 0.5) is 0 Å². The van der Waals surface area contributed by atoms with Crippen LogP contribution in [-0.2, 0) is 16.1 Å². The number of nitrogens with one attached hydrogen (secondary N) is 4. The Balaban J connectivity index is 1.45. The van der Waals surface area contributed by atoms with Gasteiger partial charge in [-0.3, -0.25) is 20.8 Å². The molecule has 0 bridgehead atoms. The molecule has 0 amide bonds. The van der Waals surface area contributed by atoms with Crippen molar-refractivity contribution in [3.8, 4) is 0 Å². The second kappa shape index (κ2) is 7.50. The molecule has 2 saturated heterocycles. The molecule has 1 aromatic rings. The van der Waals surface area contributed by atoms with Crippen molar-refractivity contribution < 1.29 is 9.57 Å². The summed E-state index contributed by atoms with van der Waals surface area (Å²) < 4.78 is 5.25. The van der Waals surface area contributed by atoms with Gasteiger partial charge in [-0.1, -0.05) is 24.3 Å². The first-order valence-electron chi connectivity index (χ1n) is 7.97. The van der Waals surface area contributed by atoms with Gasteiger partial charge in [0.1, 0.15) is 6.23 Å². The summed E-state index contributed by atoms with van der Waals surface area (Å²) in [6, 6.07) is 9.04. The highest BCUT2D eigenvalue weighted by molar-refractivity contribution is 5.25. The maximum atomic E-state index is 5.41. The fourth-order valence-electron chi connectivity index (χ4n) is 2.89. The molecule has 6 heteroatoms. The van der Waals surface area contributed by atoms with Crippen LogP contribution in [0, 0.1) is 0 Å². The van der Waals surface area contributed by atoms with E-state index in [1.807, 2.05) is 0 Å². The number of methoxy groups -OCH3 is 1. The Morgan fingerprint density at radius 3 is 2.64 bits per heavy atom. The molecule has 0 aliphatic carbocycles. The van der Waals surface area contributed by atoms with Crippen molar-refractivity contribution in [1.82, 2.24) is 21.4 Å². The fraction of sp³-hybridized carbons (Fsp3) is 0.625. The predicted molar refractivity (Wildman–Crippen MR) is 84.9 cm³/mol. The van der Waals surface area contributed by atoms with Gasteiger partial charge in [0.05, 0.1) is 18.3 Å². The number of hydrogen-bond donors (Lipinski definition) is 4. The van der Waals surface area contributed by atoms with Crippen LogP contribution in [0.1, 0.15) is 30.5 Å². The van der Waals surface area contributed by atoms with Crippen LogP contribution in [0.5, 0.6) is 0 Å². The van der Waals surface area contributed by atoms with Gasteiger partial charge in [-0.25, -0.2) is 0 Å². The van der Waals surface area contributed by atoms with Crippen molar-refractivity contribution in [2.75, 3.05) is 20.2 Å². The van der Waals surface area contributed by atoms with E-state index in [0.29, 0.717) is 6.04 Å². The molecular formula is C16H26N4O2. The summed E-state index contributed by atoms with van der Waals surface area (Å²) in [5.74, 6) is 0. The molecule has 0 spiro atoms. The van der Waals surface area contributed by atoms with E-state index in [9.17, 15) is 0 Å². The number of hydrogen-bond acceptors (Lipinski definition) is 6. The minimum atomic E-state index is 0.112. The second-order valence-corrected chi connectivity index (χ2v) is 6.05. The molecule has 4 N–H and O–H groups in total. The minimum Gasteiger partial charge on any atom is -0.365 e. The van der Waals surface area contributed by atoms with Crippen LogP contribution < -0.4 is 21.4 Å². The third-order valence-electron chi connectivity index (χ3n) is 4.30. The van der Waals surface area contributed by atoms with Gasteiger partial charge >= 0.3 is 0 Å². The Kier molecular flexibility index (Phi) is 5.41.